The maximum atomic E-state index is 13.2. The number of carbonyl (C=O) groups excluding carboxylic acids is 1. The van der Waals surface area contributed by atoms with Gasteiger partial charge in [-0.15, -0.1) is 11.8 Å². The Balaban J connectivity index is 1.68. The van der Waals surface area contributed by atoms with Crippen molar-refractivity contribution in [3.8, 4) is 22.9 Å². The average Bonchev–Trinajstić information content (AvgIpc) is 3.13. The van der Waals surface area contributed by atoms with E-state index in [0.29, 0.717) is 18.8 Å². The maximum absolute atomic E-state index is 13.2. The summed E-state index contributed by atoms with van der Waals surface area (Å²) in [5.74, 6) is 0.949. The Bertz CT molecular complexity index is 1450. The Morgan fingerprint density at radius 1 is 1.00 bits per heavy atom. The molecule has 38 heavy (non-hydrogen) atoms. The van der Waals surface area contributed by atoms with E-state index in [9.17, 15) is 4.79 Å². The van der Waals surface area contributed by atoms with Gasteiger partial charge in [0.25, 0.3) is 0 Å². The van der Waals surface area contributed by atoms with Crippen molar-refractivity contribution < 1.29 is 19.0 Å². The molecule has 1 aliphatic rings. The Kier molecular flexibility index (Phi) is 8.38. The number of anilines is 1. The van der Waals surface area contributed by atoms with E-state index in [0.717, 1.165) is 47.9 Å². The number of fused-ring (bicyclic) bond motifs is 3. The molecule has 0 bridgehead atoms. The first kappa shape index (κ1) is 26.4. The number of ether oxygens (including phenoxy) is 3. The molecule has 6 nitrogen and oxygen atoms in total. The molecule has 1 aromatic heterocycles. The quantitative estimate of drug-likeness (QED) is 0.165. The fourth-order valence-electron chi connectivity index (χ4n) is 4.35. The molecule has 0 aliphatic carbocycles. The number of carbonyl (C=O) groups is 1. The second kappa shape index (κ2) is 12.1. The van der Waals surface area contributed by atoms with Crippen LogP contribution in [-0.2, 0) is 24.4 Å². The van der Waals surface area contributed by atoms with Crippen LogP contribution in [0.4, 0.5) is 5.69 Å². The fourth-order valence-corrected chi connectivity index (χ4v) is 6.12. The highest BCUT2D eigenvalue weighted by Crippen LogP contribution is 2.46. The summed E-state index contributed by atoms with van der Waals surface area (Å²) in [4.78, 5) is 19.3. The van der Waals surface area contributed by atoms with Gasteiger partial charge >= 0.3 is 5.97 Å². The molecule has 1 aliphatic heterocycles. The summed E-state index contributed by atoms with van der Waals surface area (Å²) in [5, 5.41) is 3.27. The van der Waals surface area contributed by atoms with Gasteiger partial charge in [-0.2, -0.15) is 0 Å². The molecular formula is C30H27IN2O4S. The standard InChI is InChI=1S/C30H27IN2O4S/c1-32-24-16-25-22(15-23(24)31)27-21(13-14-38-25)28(36-17-19-9-5-3-6-10-19)26(30(34)35-2)29(33-27)37-18-20-11-7-4-8-12-20/h3-12,15-16,32H,13-14,17-18H2,1-2H3. The predicted octanol–water partition coefficient (Wildman–Crippen LogP) is 6.99. The molecule has 0 radical (unpaired) electrons. The summed E-state index contributed by atoms with van der Waals surface area (Å²) in [6.07, 6.45) is 0.681. The summed E-state index contributed by atoms with van der Waals surface area (Å²) in [6.45, 7) is 0.558. The van der Waals surface area contributed by atoms with Gasteiger partial charge in [0, 0.05) is 38.1 Å². The molecular weight excluding hydrogens is 611 g/mol. The van der Waals surface area contributed by atoms with Crippen molar-refractivity contribution in [2.75, 3.05) is 25.2 Å². The highest BCUT2D eigenvalue weighted by Gasteiger charge is 2.31. The third kappa shape index (κ3) is 5.61. The van der Waals surface area contributed by atoms with E-state index in [-0.39, 0.29) is 18.1 Å². The summed E-state index contributed by atoms with van der Waals surface area (Å²) in [5.41, 5.74) is 5.89. The Morgan fingerprint density at radius 3 is 2.29 bits per heavy atom. The highest BCUT2D eigenvalue weighted by molar-refractivity contribution is 14.1. The van der Waals surface area contributed by atoms with Gasteiger partial charge in [-0.3, -0.25) is 0 Å². The minimum atomic E-state index is -0.538. The molecule has 1 N–H and O–H groups in total. The number of nitrogens with zero attached hydrogens (tertiary/aromatic N) is 1. The van der Waals surface area contributed by atoms with Crippen LogP contribution in [0.15, 0.2) is 77.7 Å². The van der Waals surface area contributed by atoms with Gasteiger partial charge < -0.3 is 19.5 Å². The lowest BCUT2D eigenvalue weighted by atomic mass is 9.99. The van der Waals surface area contributed by atoms with Gasteiger partial charge in [-0.05, 0) is 52.3 Å². The van der Waals surface area contributed by atoms with Crippen molar-refractivity contribution >= 4 is 46.0 Å². The van der Waals surface area contributed by atoms with Crippen molar-refractivity contribution in [3.63, 3.8) is 0 Å². The van der Waals surface area contributed by atoms with Gasteiger partial charge in [0.2, 0.25) is 5.88 Å². The molecule has 0 fully saturated rings. The lowest BCUT2D eigenvalue weighted by Crippen LogP contribution is -2.14. The van der Waals surface area contributed by atoms with E-state index in [1.807, 2.05) is 67.7 Å². The molecule has 5 rings (SSSR count). The number of nitrogens with one attached hydrogen (secondary N) is 1. The van der Waals surface area contributed by atoms with E-state index in [1.54, 1.807) is 11.8 Å². The average molecular weight is 639 g/mol. The molecule has 3 aromatic carbocycles. The monoisotopic (exact) mass is 638 g/mol. The normalized spacial score (nSPS) is 12.1. The number of hydrogen-bond donors (Lipinski definition) is 1. The molecule has 2 heterocycles. The largest absolute Gasteiger partial charge is 0.487 e. The van der Waals surface area contributed by atoms with Crippen molar-refractivity contribution in [2.45, 2.75) is 24.5 Å². The van der Waals surface area contributed by atoms with Crippen LogP contribution in [0.2, 0.25) is 0 Å². The van der Waals surface area contributed by atoms with Gasteiger partial charge in [0.1, 0.15) is 19.0 Å². The number of halogens is 1. The lowest BCUT2D eigenvalue weighted by molar-refractivity contribution is 0.0588. The van der Waals surface area contributed by atoms with E-state index < -0.39 is 5.97 Å². The highest BCUT2D eigenvalue weighted by atomic mass is 127. The second-order valence-corrected chi connectivity index (χ2v) is 11.0. The first-order valence-electron chi connectivity index (χ1n) is 12.2. The molecule has 0 atom stereocenters. The lowest BCUT2D eigenvalue weighted by Gasteiger charge is -2.20. The number of aromatic nitrogens is 1. The smallest absolute Gasteiger partial charge is 0.347 e. The minimum absolute atomic E-state index is 0.202. The number of hydrogen-bond acceptors (Lipinski definition) is 7. The van der Waals surface area contributed by atoms with Crippen LogP contribution >= 0.6 is 34.4 Å². The maximum Gasteiger partial charge on any atom is 0.347 e. The van der Waals surface area contributed by atoms with Crippen molar-refractivity contribution in [2.24, 2.45) is 0 Å². The van der Waals surface area contributed by atoms with E-state index in [1.165, 1.54) is 7.11 Å². The molecule has 4 aromatic rings. The second-order valence-electron chi connectivity index (χ2n) is 8.67. The Morgan fingerprint density at radius 2 is 1.66 bits per heavy atom. The van der Waals surface area contributed by atoms with Crippen molar-refractivity contribution in [3.05, 3.63) is 98.6 Å². The molecule has 194 valence electrons. The SMILES string of the molecule is CNc1cc2c(cc1I)-c1nc(OCc3ccccc3)c(C(=O)OC)c(OCc3ccccc3)c1CCS2. The zero-order valence-electron chi connectivity index (χ0n) is 21.1. The number of esters is 1. The number of methoxy groups -OCH3 is 1. The fraction of sp³-hybridized carbons (Fsp3) is 0.200. The molecule has 0 saturated heterocycles. The summed E-state index contributed by atoms with van der Waals surface area (Å²) >= 11 is 4.10. The van der Waals surface area contributed by atoms with Crippen LogP contribution in [0.3, 0.4) is 0 Å². The molecule has 8 heteroatoms. The van der Waals surface area contributed by atoms with Crippen LogP contribution < -0.4 is 14.8 Å². The zero-order valence-corrected chi connectivity index (χ0v) is 24.1. The predicted molar refractivity (Wildman–Crippen MR) is 159 cm³/mol. The van der Waals surface area contributed by atoms with Crippen LogP contribution in [0.1, 0.15) is 27.0 Å². The van der Waals surface area contributed by atoms with E-state index in [4.69, 9.17) is 19.2 Å². The number of thioether (sulfide) groups is 1. The topological polar surface area (TPSA) is 69.7 Å². The first-order valence-corrected chi connectivity index (χ1v) is 14.3. The van der Waals surface area contributed by atoms with Crippen molar-refractivity contribution in [1.29, 1.82) is 0 Å². The molecule has 0 amide bonds. The van der Waals surface area contributed by atoms with E-state index >= 15 is 0 Å². The zero-order chi connectivity index (χ0) is 26.5. The van der Waals surface area contributed by atoms with Crippen molar-refractivity contribution in [1.82, 2.24) is 4.98 Å². The molecule has 0 spiro atoms. The van der Waals surface area contributed by atoms with Gasteiger partial charge in [0.15, 0.2) is 5.56 Å². The van der Waals surface area contributed by atoms with Gasteiger partial charge in [-0.25, -0.2) is 9.78 Å². The van der Waals surface area contributed by atoms with Crippen LogP contribution in [0, 0.1) is 3.57 Å². The van der Waals surface area contributed by atoms with Gasteiger partial charge in [0.05, 0.1) is 12.8 Å². The molecule has 0 unspecified atom stereocenters. The van der Waals surface area contributed by atoms with Crippen LogP contribution in [-0.4, -0.2) is 30.9 Å². The summed E-state index contributed by atoms with van der Waals surface area (Å²) < 4.78 is 18.9. The third-order valence-electron chi connectivity index (χ3n) is 6.25. The number of pyridine rings is 1. The minimum Gasteiger partial charge on any atom is -0.487 e. The van der Waals surface area contributed by atoms with E-state index in [2.05, 4.69) is 40.0 Å². The molecule has 0 saturated carbocycles. The van der Waals surface area contributed by atoms with Gasteiger partial charge in [-0.1, -0.05) is 60.7 Å². The Hall–Kier alpha value is -3.24. The Labute approximate surface area is 240 Å². The first-order chi connectivity index (χ1) is 18.6. The summed E-state index contributed by atoms with van der Waals surface area (Å²) in [6, 6.07) is 24.0. The third-order valence-corrected chi connectivity index (χ3v) is 8.20. The van der Waals surface area contributed by atoms with Crippen LogP contribution in [0.25, 0.3) is 11.3 Å². The number of rotatable bonds is 8. The van der Waals surface area contributed by atoms with Crippen LogP contribution in [0.5, 0.6) is 11.6 Å². The summed E-state index contributed by atoms with van der Waals surface area (Å²) in [7, 11) is 3.29. The number of benzene rings is 3.